The van der Waals surface area contributed by atoms with Gasteiger partial charge in [-0.2, -0.15) is 13.2 Å². The first-order valence-electron chi connectivity index (χ1n) is 8.96. The Hall–Kier alpha value is -2.40. The van der Waals surface area contributed by atoms with E-state index < -0.39 is 12.3 Å². The highest BCUT2D eigenvalue weighted by Crippen LogP contribution is 2.37. The largest absolute Gasteiger partial charge is 0.473 e. The zero-order chi connectivity index (χ0) is 19.2. The van der Waals surface area contributed by atoms with Crippen LogP contribution in [0.4, 0.5) is 18.0 Å². The Morgan fingerprint density at radius 3 is 2.74 bits per heavy atom. The number of halogens is 3. The van der Waals surface area contributed by atoms with Gasteiger partial charge >= 0.3 is 12.2 Å². The molecule has 5 rings (SSSR count). The number of carbonyl (C=O) groups is 1. The number of nitrogens with zero attached hydrogens (tertiary/aromatic N) is 2. The maximum absolute atomic E-state index is 12.7. The molecule has 3 saturated heterocycles. The molecule has 0 radical (unpaired) electrons. The van der Waals surface area contributed by atoms with Crippen molar-refractivity contribution in [1.82, 2.24) is 15.1 Å². The molecule has 0 saturated carbocycles. The van der Waals surface area contributed by atoms with Gasteiger partial charge in [0.15, 0.2) is 5.76 Å². The minimum absolute atomic E-state index is 0.0573. The van der Waals surface area contributed by atoms with Crippen LogP contribution in [0.3, 0.4) is 0 Å². The van der Waals surface area contributed by atoms with Crippen LogP contribution in [-0.2, 0) is 4.74 Å². The molecule has 2 amide bonds. The van der Waals surface area contributed by atoms with Gasteiger partial charge in [0.05, 0.1) is 5.66 Å². The third-order valence-corrected chi connectivity index (χ3v) is 5.53. The average Bonchev–Trinajstić information content (AvgIpc) is 3.02. The van der Waals surface area contributed by atoms with Crippen molar-refractivity contribution in [3.8, 4) is 11.8 Å². The summed E-state index contributed by atoms with van der Waals surface area (Å²) in [5.41, 5.74) is 0.224. The highest BCUT2D eigenvalue weighted by atomic mass is 19.4. The summed E-state index contributed by atoms with van der Waals surface area (Å²) in [7, 11) is 0. The van der Waals surface area contributed by atoms with E-state index in [0.717, 1.165) is 19.5 Å². The van der Waals surface area contributed by atoms with Crippen molar-refractivity contribution in [1.29, 1.82) is 0 Å². The highest BCUT2D eigenvalue weighted by molar-refractivity contribution is 5.78. The second-order valence-electron chi connectivity index (χ2n) is 7.51. The van der Waals surface area contributed by atoms with Crippen LogP contribution in [0.1, 0.15) is 26.2 Å². The van der Waals surface area contributed by atoms with Gasteiger partial charge in [-0.1, -0.05) is 0 Å². The van der Waals surface area contributed by atoms with E-state index in [4.69, 9.17) is 4.74 Å². The molecular formula is C19H20F3N3O2. The van der Waals surface area contributed by atoms with Crippen LogP contribution in [0.2, 0.25) is 0 Å². The fourth-order valence-electron chi connectivity index (χ4n) is 4.18. The van der Waals surface area contributed by atoms with E-state index in [1.54, 1.807) is 18.5 Å². The topological polar surface area (TPSA) is 44.8 Å². The van der Waals surface area contributed by atoms with Gasteiger partial charge in [0.25, 0.3) is 0 Å². The highest BCUT2D eigenvalue weighted by Gasteiger charge is 2.44. The van der Waals surface area contributed by atoms with Crippen LogP contribution in [0, 0.1) is 17.8 Å². The molecule has 5 nitrogen and oxygen atoms in total. The molecule has 5 aliphatic heterocycles. The summed E-state index contributed by atoms with van der Waals surface area (Å²) in [6.45, 7) is 4.01. The number of allylic oxidation sites excluding steroid dienone is 1. The molecule has 3 fully saturated rings. The van der Waals surface area contributed by atoms with Gasteiger partial charge in [0.1, 0.15) is 6.10 Å². The average molecular weight is 379 g/mol. The van der Waals surface area contributed by atoms with Crippen molar-refractivity contribution < 1.29 is 22.7 Å². The van der Waals surface area contributed by atoms with Crippen LogP contribution in [0.15, 0.2) is 35.9 Å². The fourth-order valence-corrected chi connectivity index (χ4v) is 4.18. The summed E-state index contributed by atoms with van der Waals surface area (Å²) in [6.07, 6.45) is 4.38. The van der Waals surface area contributed by atoms with Crippen molar-refractivity contribution in [3.63, 3.8) is 0 Å². The monoisotopic (exact) mass is 379 g/mol. The lowest BCUT2D eigenvalue weighted by Gasteiger charge is -2.53. The maximum atomic E-state index is 12.7. The molecule has 2 bridgehead atoms. The first-order chi connectivity index (χ1) is 12.7. The van der Waals surface area contributed by atoms with Crippen LogP contribution >= 0.6 is 0 Å². The lowest BCUT2D eigenvalue weighted by atomic mass is 9.80. The van der Waals surface area contributed by atoms with Crippen LogP contribution in [-0.4, -0.2) is 46.9 Å². The number of carbonyl (C=O) groups excluding carboxylic acids is 1. The zero-order valence-corrected chi connectivity index (χ0v) is 14.8. The van der Waals surface area contributed by atoms with E-state index in [2.05, 4.69) is 10.2 Å². The molecule has 8 heteroatoms. The Morgan fingerprint density at radius 1 is 1.37 bits per heavy atom. The molecule has 0 aromatic heterocycles. The van der Waals surface area contributed by atoms with Gasteiger partial charge in [0.2, 0.25) is 0 Å². The van der Waals surface area contributed by atoms with E-state index in [9.17, 15) is 18.0 Å². The first kappa shape index (κ1) is 18.0. The van der Waals surface area contributed by atoms with E-state index in [0.29, 0.717) is 11.5 Å². The van der Waals surface area contributed by atoms with E-state index in [1.807, 2.05) is 12.8 Å². The molecule has 5 heterocycles. The first-order valence-corrected chi connectivity index (χ1v) is 8.96. The Kier molecular flexibility index (Phi) is 4.22. The van der Waals surface area contributed by atoms with Gasteiger partial charge in [-0.25, -0.2) is 4.79 Å². The summed E-state index contributed by atoms with van der Waals surface area (Å²) < 4.78 is 42.0. The third-order valence-electron chi connectivity index (χ3n) is 5.53. The standard InChI is InChI=1S/C19H20F3N3O2/c1-18(11-13-3-8-25(18)9-4-13)23-17(26)24-7-5-16-14(12-24)10-15(27-16)2-6-19(20,21)22/h5,7,10,12-13,16H,3-4,8-9,11H2,1H3,(H,23,26)/t16?,18-/m0/s1. The summed E-state index contributed by atoms with van der Waals surface area (Å²) >= 11 is 0. The molecule has 0 spiro atoms. The molecule has 0 aromatic rings. The number of alkyl halides is 3. The molecule has 1 unspecified atom stereocenters. The molecule has 0 aliphatic carbocycles. The van der Waals surface area contributed by atoms with E-state index in [-0.39, 0.29) is 17.5 Å². The summed E-state index contributed by atoms with van der Waals surface area (Å²) in [5.74, 6) is 3.75. The number of rotatable bonds is 1. The molecule has 1 N–H and O–H groups in total. The summed E-state index contributed by atoms with van der Waals surface area (Å²) in [6, 6.07) is -0.268. The van der Waals surface area contributed by atoms with Gasteiger partial charge in [-0.05, 0) is 50.2 Å². The van der Waals surface area contributed by atoms with Gasteiger partial charge < -0.3 is 10.1 Å². The van der Waals surface area contributed by atoms with Crippen LogP contribution in [0.5, 0.6) is 0 Å². The van der Waals surface area contributed by atoms with Gasteiger partial charge in [-0.3, -0.25) is 9.80 Å². The van der Waals surface area contributed by atoms with Crippen molar-refractivity contribution in [2.45, 2.75) is 44.1 Å². The quantitative estimate of drug-likeness (QED) is 0.712. The maximum Gasteiger partial charge on any atom is 0.458 e. The van der Waals surface area contributed by atoms with Crippen molar-refractivity contribution in [3.05, 3.63) is 35.9 Å². The van der Waals surface area contributed by atoms with E-state index >= 15 is 0 Å². The van der Waals surface area contributed by atoms with Gasteiger partial charge in [0, 0.05) is 37.0 Å². The minimum Gasteiger partial charge on any atom is -0.473 e. The van der Waals surface area contributed by atoms with Crippen molar-refractivity contribution >= 4 is 6.03 Å². The molecule has 27 heavy (non-hydrogen) atoms. The van der Waals surface area contributed by atoms with Gasteiger partial charge in [-0.15, -0.1) is 0 Å². The second kappa shape index (κ2) is 6.34. The number of nitrogens with one attached hydrogen (secondary N) is 1. The number of fused-ring (bicyclic) bond motifs is 4. The second-order valence-corrected chi connectivity index (χ2v) is 7.51. The van der Waals surface area contributed by atoms with E-state index in [1.165, 1.54) is 29.7 Å². The number of urea groups is 1. The SMILES string of the molecule is C[C@@]1(NC(=O)N2C=CC3OC(C#CC(F)(F)F)=CC3=C2)CC2CCN1CC2. The smallest absolute Gasteiger partial charge is 0.458 e. The number of hydrogen-bond acceptors (Lipinski definition) is 3. The summed E-state index contributed by atoms with van der Waals surface area (Å²) in [5, 5.41) is 3.11. The molecule has 144 valence electrons. The number of hydrogen-bond donors (Lipinski definition) is 1. The Morgan fingerprint density at radius 2 is 2.11 bits per heavy atom. The van der Waals surface area contributed by atoms with Crippen molar-refractivity contribution in [2.24, 2.45) is 5.92 Å². The predicted molar refractivity (Wildman–Crippen MR) is 91.7 cm³/mol. The molecule has 0 aromatic carbocycles. The zero-order valence-electron chi connectivity index (χ0n) is 14.8. The Labute approximate surface area is 155 Å². The Balaban J connectivity index is 1.45. The van der Waals surface area contributed by atoms with Crippen LogP contribution < -0.4 is 5.32 Å². The Bertz CT molecular complexity index is 797. The third kappa shape index (κ3) is 3.69. The fraction of sp³-hybridized carbons (Fsp3) is 0.526. The summed E-state index contributed by atoms with van der Waals surface area (Å²) in [4.78, 5) is 16.4. The number of ether oxygens (including phenoxy) is 1. The van der Waals surface area contributed by atoms with Crippen LogP contribution in [0.25, 0.3) is 0 Å². The lowest BCUT2D eigenvalue weighted by Crippen LogP contribution is -2.66. The number of amides is 2. The normalized spacial score (nSPS) is 34.1. The predicted octanol–water partition coefficient (Wildman–Crippen LogP) is 3.09. The lowest BCUT2D eigenvalue weighted by molar-refractivity contribution is -0.0697. The minimum atomic E-state index is -4.57. The molecule has 2 atom stereocenters. The number of piperidine rings is 3. The van der Waals surface area contributed by atoms with Crippen molar-refractivity contribution in [2.75, 3.05) is 13.1 Å². The molecule has 5 aliphatic rings. The molecular weight excluding hydrogens is 359 g/mol.